The van der Waals surface area contributed by atoms with Gasteiger partial charge in [0.15, 0.2) is 20.1 Å². The Morgan fingerprint density at radius 1 is 1.17 bits per heavy atom. The number of hydrogen-bond donors (Lipinski definition) is 0. The summed E-state index contributed by atoms with van der Waals surface area (Å²) in [6.45, 7) is 14.3. The van der Waals surface area contributed by atoms with Gasteiger partial charge in [0.25, 0.3) is 0 Å². The van der Waals surface area contributed by atoms with E-state index in [0.29, 0.717) is 4.74 Å². The first kappa shape index (κ1) is 19.8. The highest BCUT2D eigenvalue weighted by Crippen LogP contribution is 2.37. The van der Waals surface area contributed by atoms with Gasteiger partial charge in [0.1, 0.15) is 11.6 Å². The Hall–Kier alpha value is -1.27. The first-order valence-corrected chi connectivity index (χ1v) is 10.6. The van der Waals surface area contributed by atoms with Gasteiger partial charge in [0, 0.05) is 19.9 Å². The highest BCUT2D eigenvalue weighted by atomic mass is 28.4. The molecule has 1 aromatic rings. The van der Waals surface area contributed by atoms with Gasteiger partial charge >= 0.3 is 0 Å². The highest BCUT2D eigenvalue weighted by molar-refractivity contribution is 6.74. The lowest BCUT2D eigenvalue weighted by atomic mass is 10.1. The Morgan fingerprint density at radius 3 is 2.22 bits per heavy atom. The molecule has 0 aliphatic carbocycles. The zero-order valence-corrected chi connectivity index (χ0v) is 16.0. The van der Waals surface area contributed by atoms with E-state index in [9.17, 15) is 14.0 Å². The monoisotopic (exact) mass is 343 g/mol. The minimum atomic E-state index is -1.97. The van der Waals surface area contributed by atoms with Crippen LogP contribution in [0.25, 0.3) is 0 Å². The molecule has 0 radical (unpaired) electrons. The number of hydrogen-bond acceptors (Lipinski definition) is 2. The van der Waals surface area contributed by atoms with Crippen LogP contribution in [0, 0.1) is 16.8 Å². The van der Waals surface area contributed by atoms with E-state index < -0.39 is 25.5 Å². The van der Waals surface area contributed by atoms with E-state index in [4.69, 9.17) is 4.43 Å². The van der Waals surface area contributed by atoms with Crippen LogP contribution in [0.1, 0.15) is 40.2 Å². The van der Waals surface area contributed by atoms with Crippen molar-refractivity contribution in [3.05, 3.63) is 40.6 Å². The standard InChI is InChI=1S/C17H27F2NO2Si/c1-16(2,3)23(6,7)22-12-17(4,5)20(21)11-13-8-9-14(18)10-15(13)19/h8-11H,12H2,1-7H3. The number of benzene rings is 1. The minimum absolute atomic E-state index is 0.0452. The molecule has 0 bridgehead atoms. The summed E-state index contributed by atoms with van der Waals surface area (Å²) in [4.78, 5) is 0. The van der Waals surface area contributed by atoms with E-state index in [0.717, 1.165) is 18.3 Å². The van der Waals surface area contributed by atoms with Gasteiger partial charge in [-0.05, 0) is 30.3 Å². The molecule has 0 N–H and O–H groups in total. The van der Waals surface area contributed by atoms with Crippen LogP contribution in [0.3, 0.4) is 0 Å². The summed E-state index contributed by atoms with van der Waals surface area (Å²) in [5, 5.41) is 12.4. The molecular weight excluding hydrogens is 316 g/mol. The van der Waals surface area contributed by atoms with Crippen LogP contribution in [0.15, 0.2) is 18.2 Å². The summed E-state index contributed by atoms with van der Waals surface area (Å²) < 4.78 is 33.4. The van der Waals surface area contributed by atoms with Crippen molar-refractivity contribution in [2.24, 2.45) is 0 Å². The fraction of sp³-hybridized carbons (Fsp3) is 0.588. The van der Waals surface area contributed by atoms with Gasteiger partial charge in [-0.1, -0.05) is 20.8 Å². The molecule has 0 amide bonds. The second kappa shape index (κ2) is 6.69. The van der Waals surface area contributed by atoms with Crippen LogP contribution in [0.4, 0.5) is 8.78 Å². The maximum absolute atomic E-state index is 13.7. The Morgan fingerprint density at radius 2 is 1.74 bits per heavy atom. The molecule has 23 heavy (non-hydrogen) atoms. The van der Waals surface area contributed by atoms with Crippen LogP contribution in [0.5, 0.6) is 0 Å². The van der Waals surface area contributed by atoms with Crippen LogP contribution >= 0.6 is 0 Å². The molecule has 1 rings (SSSR count). The van der Waals surface area contributed by atoms with E-state index in [-0.39, 0.29) is 17.2 Å². The molecule has 0 atom stereocenters. The van der Waals surface area contributed by atoms with Gasteiger partial charge in [-0.2, -0.15) is 0 Å². The quantitative estimate of drug-likeness (QED) is 0.255. The Kier molecular flexibility index (Phi) is 5.75. The van der Waals surface area contributed by atoms with Crippen LogP contribution in [-0.4, -0.2) is 31.4 Å². The van der Waals surface area contributed by atoms with E-state index in [1.54, 1.807) is 13.8 Å². The lowest BCUT2D eigenvalue weighted by molar-refractivity contribution is -0.539. The summed E-state index contributed by atoms with van der Waals surface area (Å²) in [5.74, 6) is -1.43. The third-order valence-electron chi connectivity index (χ3n) is 4.41. The van der Waals surface area contributed by atoms with Gasteiger partial charge in [-0.25, -0.2) is 13.5 Å². The molecule has 0 spiro atoms. The zero-order valence-electron chi connectivity index (χ0n) is 15.0. The van der Waals surface area contributed by atoms with Crippen LogP contribution < -0.4 is 0 Å². The molecule has 1 aromatic carbocycles. The Balaban J connectivity index is 2.92. The number of hydroxylamine groups is 1. The van der Waals surface area contributed by atoms with Crippen molar-refractivity contribution in [2.75, 3.05) is 6.61 Å². The number of rotatable bonds is 5. The number of nitrogens with zero attached hydrogens (tertiary/aromatic N) is 1. The fourth-order valence-electron chi connectivity index (χ4n) is 1.54. The van der Waals surface area contributed by atoms with Gasteiger partial charge in [0.2, 0.25) is 0 Å². The van der Waals surface area contributed by atoms with E-state index in [1.165, 1.54) is 6.07 Å². The average molecular weight is 343 g/mol. The van der Waals surface area contributed by atoms with Crippen LogP contribution in [0.2, 0.25) is 18.1 Å². The molecule has 0 saturated heterocycles. The van der Waals surface area contributed by atoms with E-state index in [1.807, 2.05) is 0 Å². The lowest BCUT2D eigenvalue weighted by Gasteiger charge is -2.38. The van der Waals surface area contributed by atoms with Gasteiger partial charge in [0.05, 0.1) is 12.2 Å². The molecule has 0 aromatic heterocycles. The molecule has 130 valence electrons. The van der Waals surface area contributed by atoms with Crippen LogP contribution in [-0.2, 0) is 4.43 Å². The van der Waals surface area contributed by atoms with Gasteiger partial charge < -0.3 is 9.63 Å². The molecule has 0 aliphatic rings. The van der Waals surface area contributed by atoms with Crippen molar-refractivity contribution in [1.29, 1.82) is 0 Å². The summed E-state index contributed by atoms with van der Waals surface area (Å²) in [6.07, 6.45) is 1.14. The molecule has 0 heterocycles. The SMILES string of the molecule is CC(C)(CO[Si](C)(C)C(C)(C)C)[N+]([O-])=Cc1ccc(F)cc1F. The smallest absolute Gasteiger partial charge is 0.192 e. The zero-order chi connectivity index (χ0) is 18.1. The largest absolute Gasteiger partial charge is 0.623 e. The second-order valence-electron chi connectivity index (χ2n) is 7.98. The summed E-state index contributed by atoms with van der Waals surface area (Å²) >= 11 is 0. The predicted molar refractivity (Wildman–Crippen MR) is 92.4 cm³/mol. The summed E-state index contributed by atoms with van der Waals surface area (Å²) in [6, 6.07) is 3.14. The second-order valence-corrected chi connectivity index (χ2v) is 12.8. The van der Waals surface area contributed by atoms with E-state index in [2.05, 4.69) is 33.9 Å². The van der Waals surface area contributed by atoms with Crippen molar-refractivity contribution in [1.82, 2.24) is 0 Å². The highest BCUT2D eigenvalue weighted by Gasteiger charge is 2.40. The fourth-order valence-corrected chi connectivity index (χ4v) is 2.69. The Labute approximate surface area is 138 Å². The average Bonchev–Trinajstić information content (AvgIpc) is 2.38. The van der Waals surface area contributed by atoms with Crippen molar-refractivity contribution in [2.45, 2.75) is 58.3 Å². The predicted octanol–water partition coefficient (Wildman–Crippen LogP) is 4.69. The Bertz CT molecular complexity index is 593. The molecule has 0 saturated carbocycles. The lowest BCUT2D eigenvalue weighted by Crippen LogP contribution is -2.47. The summed E-state index contributed by atoms with van der Waals surface area (Å²) in [5.41, 5.74) is -0.794. The maximum Gasteiger partial charge on any atom is 0.192 e. The molecule has 6 heteroatoms. The summed E-state index contributed by atoms with van der Waals surface area (Å²) in [7, 11) is -1.97. The minimum Gasteiger partial charge on any atom is -0.623 e. The van der Waals surface area contributed by atoms with Gasteiger partial charge in [-0.3, -0.25) is 0 Å². The molecule has 3 nitrogen and oxygen atoms in total. The first-order valence-electron chi connectivity index (χ1n) is 7.67. The molecule has 0 unspecified atom stereocenters. The number of halogens is 2. The van der Waals surface area contributed by atoms with Gasteiger partial charge in [-0.15, -0.1) is 0 Å². The molecule has 0 aliphatic heterocycles. The van der Waals surface area contributed by atoms with E-state index >= 15 is 0 Å². The third kappa shape index (κ3) is 5.11. The van der Waals surface area contributed by atoms with Crippen molar-refractivity contribution < 1.29 is 17.9 Å². The van der Waals surface area contributed by atoms with Crippen molar-refractivity contribution >= 4 is 14.5 Å². The first-order chi connectivity index (χ1) is 10.3. The topological polar surface area (TPSA) is 35.3 Å². The molecule has 0 fully saturated rings. The molecular formula is C17H27F2NO2Si. The van der Waals surface area contributed by atoms with Crippen molar-refractivity contribution in [3.63, 3.8) is 0 Å². The van der Waals surface area contributed by atoms with Crippen molar-refractivity contribution in [3.8, 4) is 0 Å². The third-order valence-corrected chi connectivity index (χ3v) is 8.89. The maximum atomic E-state index is 13.7. The normalized spacial score (nSPS) is 14.2.